The van der Waals surface area contributed by atoms with Gasteiger partial charge < -0.3 is 24.5 Å². The lowest BCUT2D eigenvalue weighted by Gasteiger charge is -2.44. The first-order chi connectivity index (χ1) is 25.4. The van der Waals surface area contributed by atoms with Crippen LogP contribution in [0.1, 0.15) is 65.2 Å². The number of benzene rings is 2. The van der Waals surface area contributed by atoms with E-state index in [0.29, 0.717) is 39.3 Å². The van der Waals surface area contributed by atoms with Gasteiger partial charge >= 0.3 is 18.7 Å². The molecule has 15 heteroatoms. The average molecular weight is 772 g/mol. The third kappa shape index (κ3) is 9.09. The van der Waals surface area contributed by atoms with E-state index < -0.39 is 30.7 Å². The fourth-order valence-electron chi connectivity index (χ4n) is 6.98. The van der Waals surface area contributed by atoms with E-state index in [1.54, 1.807) is 50.4 Å². The van der Waals surface area contributed by atoms with Crippen LogP contribution in [0.25, 0.3) is 0 Å². The predicted molar refractivity (Wildman–Crippen MR) is 193 cm³/mol. The summed E-state index contributed by atoms with van der Waals surface area (Å²) < 4.78 is 43.9. The first-order valence-electron chi connectivity index (χ1n) is 17.2. The number of anilines is 1. The van der Waals surface area contributed by atoms with Crippen LogP contribution in [-0.4, -0.2) is 65.5 Å². The van der Waals surface area contributed by atoms with E-state index in [-0.39, 0.29) is 52.1 Å². The number of carboxylic acids is 1. The molecule has 3 fully saturated rings. The highest BCUT2D eigenvalue weighted by molar-refractivity contribution is 6.35. The summed E-state index contributed by atoms with van der Waals surface area (Å²) in [4.78, 5) is 34.8. The molecule has 3 aliphatic rings. The van der Waals surface area contributed by atoms with E-state index in [4.69, 9.17) is 37.4 Å². The number of rotatable bonds is 13. The van der Waals surface area contributed by atoms with Crippen molar-refractivity contribution < 1.29 is 42.4 Å². The molecule has 280 valence electrons. The molecule has 3 saturated heterocycles. The molecule has 2 bridgehead atoms. The number of pyridine rings is 2. The summed E-state index contributed by atoms with van der Waals surface area (Å²) >= 11 is 13.1. The summed E-state index contributed by atoms with van der Waals surface area (Å²) in [5.41, 5.74) is 1.58. The average Bonchev–Trinajstić information content (AvgIpc) is 3.11. The Morgan fingerprint density at radius 2 is 1.77 bits per heavy atom. The Kier molecular flexibility index (Phi) is 11.9. The van der Waals surface area contributed by atoms with Crippen molar-refractivity contribution in [3.8, 4) is 11.5 Å². The van der Waals surface area contributed by atoms with Gasteiger partial charge in [0.15, 0.2) is 23.9 Å². The van der Waals surface area contributed by atoms with Gasteiger partial charge in [0.05, 0.1) is 18.2 Å². The number of aromatic carboxylic acids is 1. The van der Waals surface area contributed by atoms with Crippen molar-refractivity contribution in [2.45, 2.75) is 64.4 Å². The predicted octanol–water partition coefficient (Wildman–Crippen LogP) is 7.72. The molecule has 0 unspecified atom stereocenters. The van der Waals surface area contributed by atoms with E-state index in [0.717, 1.165) is 38.3 Å². The van der Waals surface area contributed by atoms with Crippen LogP contribution in [0.2, 0.25) is 10.0 Å². The second-order valence-electron chi connectivity index (χ2n) is 13.4. The number of carboxylic acid groups (broad SMARTS) is 1. The van der Waals surface area contributed by atoms with Crippen molar-refractivity contribution in [2.24, 2.45) is 5.92 Å². The van der Waals surface area contributed by atoms with Crippen LogP contribution in [0.5, 0.6) is 11.5 Å². The molecule has 4 aromatic rings. The van der Waals surface area contributed by atoms with Crippen molar-refractivity contribution in [3.63, 3.8) is 0 Å². The number of hydrogen-bond acceptors (Lipinski definition) is 8. The van der Waals surface area contributed by atoms with Gasteiger partial charge in [-0.15, -0.1) is 0 Å². The maximum absolute atomic E-state index is 13.9. The smallest absolute Gasteiger partial charge is 0.416 e. The second kappa shape index (κ2) is 16.5. The summed E-state index contributed by atoms with van der Waals surface area (Å²) in [6.07, 6.45) is 4.45. The lowest BCUT2D eigenvalue weighted by Crippen LogP contribution is -2.53. The van der Waals surface area contributed by atoms with Gasteiger partial charge in [0.1, 0.15) is 22.0 Å². The minimum Gasteiger partial charge on any atom is -0.619 e. The van der Waals surface area contributed by atoms with Crippen molar-refractivity contribution in [1.82, 2.24) is 9.88 Å². The van der Waals surface area contributed by atoms with E-state index >= 15 is 0 Å². The van der Waals surface area contributed by atoms with Gasteiger partial charge in [0, 0.05) is 24.2 Å². The maximum Gasteiger partial charge on any atom is 0.416 e. The fraction of sp³-hybridized carbons (Fsp3) is 0.368. The Balaban J connectivity index is 1.43. The van der Waals surface area contributed by atoms with Gasteiger partial charge in [-0.05, 0) is 99.1 Å². The standard InChI is InChI=1S/C38H38Cl2F2N4O7/c1-22(2)51-33-16-25(7-9-32(33)52-37(41)42)27(17-29-30(39)19-45(50)20-31(29)40)28-15-23(6-8-26(28)36(47)48)18-46(35-5-3-4-12-43-35)38(49)53-34-21-44-13-10-24(34)11-14-44/h3-9,12,15-16,19-20,22,24,27,34,37H,10-11,13-14,17-18,21H2,1-2H3,(H,47,48)/t27-,34-/m0/s1. The van der Waals surface area contributed by atoms with Gasteiger partial charge in [-0.25, -0.2) is 14.6 Å². The SMILES string of the molecule is CC(C)Oc1cc([C@H](Cc2c(Cl)c[n+]([O-])cc2Cl)c2cc(CN(C(=O)O[C@H]3CN4CCC3CC4)c3ccccn3)ccc2C(=O)O)ccc1OC(F)F. The molecular formula is C38H38Cl2F2N4O7. The first-order valence-corrected chi connectivity index (χ1v) is 17.9. The number of hydrogen-bond donors (Lipinski definition) is 1. The minimum absolute atomic E-state index is 0.00954. The molecule has 1 amide bonds. The molecule has 0 radical (unpaired) electrons. The number of carbonyl (C=O) groups is 2. The summed E-state index contributed by atoms with van der Waals surface area (Å²) in [6.45, 7) is 2.91. The Labute approximate surface area is 315 Å². The summed E-state index contributed by atoms with van der Waals surface area (Å²) in [6, 6.07) is 14.2. The fourth-order valence-corrected chi connectivity index (χ4v) is 7.58. The molecule has 2 aromatic heterocycles. The molecule has 3 aliphatic heterocycles. The summed E-state index contributed by atoms with van der Waals surface area (Å²) in [5.74, 6) is -1.66. The van der Waals surface area contributed by atoms with E-state index in [1.807, 2.05) is 0 Å². The van der Waals surface area contributed by atoms with E-state index in [2.05, 4.69) is 9.88 Å². The highest BCUT2D eigenvalue weighted by Crippen LogP contribution is 2.40. The third-order valence-corrected chi connectivity index (χ3v) is 10.1. The number of nitrogens with zero attached hydrogens (tertiary/aromatic N) is 4. The molecular weight excluding hydrogens is 733 g/mol. The summed E-state index contributed by atoms with van der Waals surface area (Å²) in [5, 5.41) is 22.6. The highest BCUT2D eigenvalue weighted by atomic mass is 35.5. The Morgan fingerprint density at radius 1 is 1.04 bits per heavy atom. The van der Waals surface area contributed by atoms with Crippen LogP contribution >= 0.6 is 23.2 Å². The molecule has 11 nitrogen and oxygen atoms in total. The van der Waals surface area contributed by atoms with E-state index in [9.17, 15) is 28.7 Å². The molecule has 7 rings (SSSR count). The number of halogens is 4. The van der Waals surface area contributed by atoms with Crippen LogP contribution in [-0.2, 0) is 17.7 Å². The number of piperidine rings is 3. The van der Waals surface area contributed by atoms with Crippen LogP contribution in [0, 0.1) is 11.1 Å². The zero-order valence-electron chi connectivity index (χ0n) is 29.0. The van der Waals surface area contributed by atoms with Gasteiger partial charge in [0.2, 0.25) is 0 Å². The third-order valence-electron chi connectivity index (χ3n) is 9.47. The lowest BCUT2D eigenvalue weighted by atomic mass is 9.82. The Hall–Kier alpha value is -4.72. The summed E-state index contributed by atoms with van der Waals surface area (Å²) in [7, 11) is 0. The van der Waals surface area contributed by atoms with Crippen molar-refractivity contribution in [1.29, 1.82) is 0 Å². The van der Waals surface area contributed by atoms with Crippen molar-refractivity contribution in [2.75, 3.05) is 24.5 Å². The lowest BCUT2D eigenvalue weighted by molar-refractivity contribution is -0.605. The van der Waals surface area contributed by atoms with Crippen LogP contribution in [0.15, 0.2) is 73.2 Å². The number of alkyl halides is 2. The molecule has 1 N–H and O–H groups in total. The molecule has 0 aliphatic carbocycles. The Bertz CT molecular complexity index is 1920. The number of amides is 1. The van der Waals surface area contributed by atoms with Gasteiger partial charge in [-0.2, -0.15) is 13.5 Å². The molecule has 0 spiro atoms. The van der Waals surface area contributed by atoms with Gasteiger partial charge in [-0.3, -0.25) is 9.80 Å². The maximum atomic E-state index is 13.9. The van der Waals surface area contributed by atoms with Crippen LogP contribution in [0.4, 0.5) is 19.4 Å². The van der Waals surface area contributed by atoms with Gasteiger partial charge in [0.25, 0.3) is 0 Å². The second-order valence-corrected chi connectivity index (χ2v) is 14.2. The van der Waals surface area contributed by atoms with Crippen LogP contribution in [0.3, 0.4) is 0 Å². The zero-order valence-corrected chi connectivity index (χ0v) is 30.5. The monoisotopic (exact) mass is 770 g/mol. The molecule has 2 atom stereocenters. The molecule has 5 heterocycles. The molecule has 2 aromatic carbocycles. The highest BCUT2D eigenvalue weighted by Gasteiger charge is 2.38. The van der Waals surface area contributed by atoms with Crippen LogP contribution < -0.4 is 19.1 Å². The molecule has 53 heavy (non-hydrogen) atoms. The topological polar surface area (TPSA) is 128 Å². The number of fused-ring (bicyclic) bond motifs is 3. The van der Waals surface area contributed by atoms with Crippen molar-refractivity contribution >= 4 is 41.1 Å². The zero-order chi connectivity index (χ0) is 37.8. The number of carbonyl (C=O) groups excluding carboxylic acids is 1. The van der Waals surface area contributed by atoms with E-state index in [1.165, 1.54) is 29.2 Å². The number of aromatic nitrogens is 2. The van der Waals surface area contributed by atoms with Gasteiger partial charge in [-0.1, -0.05) is 47.5 Å². The Morgan fingerprint density at radius 3 is 2.38 bits per heavy atom. The quantitative estimate of drug-likeness (QED) is 0.107. The van der Waals surface area contributed by atoms with Crippen molar-refractivity contribution in [3.05, 3.63) is 116 Å². The minimum atomic E-state index is -3.12. The first kappa shape index (κ1) is 38.0. The molecule has 0 saturated carbocycles. The number of ether oxygens (including phenoxy) is 3. The largest absolute Gasteiger partial charge is 0.619 e. The normalized spacial score (nSPS) is 18.5.